The van der Waals surface area contributed by atoms with E-state index in [0.29, 0.717) is 42.1 Å². The van der Waals surface area contributed by atoms with Crippen LogP contribution in [0.25, 0.3) is 0 Å². The largest absolute Gasteiger partial charge is 0.494 e. The molecule has 216 valence electrons. The Labute approximate surface area is 246 Å². The summed E-state index contributed by atoms with van der Waals surface area (Å²) in [4.78, 5) is 39.8. The van der Waals surface area contributed by atoms with Crippen molar-refractivity contribution in [1.82, 2.24) is 0 Å². The average molecular weight is 565 g/mol. The normalized spacial score (nSPS) is 11.5. The summed E-state index contributed by atoms with van der Waals surface area (Å²) in [5.74, 6) is -0.570. The van der Waals surface area contributed by atoms with Crippen LogP contribution in [0.4, 0.5) is 11.4 Å². The molecule has 0 heterocycles. The number of nitrogens with one attached hydrogen (secondary N) is 1. The maximum Gasteiger partial charge on any atom is 0.326 e. The van der Waals surface area contributed by atoms with Crippen LogP contribution in [-0.2, 0) is 16.0 Å². The zero-order chi connectivity index (χ0) is 29.9. The highest BCUT2D eigenvalue weighted by molar-refractivity contribution is 6.12. The van der Waals surface area contributed by atoms with E-state index < -0.39 is 12.0 Å². The zero-order valence-electron chi connectivity index (χ0n) is 23.9. The van der Waals surface area contributed by atoms with Gasteiger partial charge in [-0.15, -0.1) is 0 Å². The van der Waals surface area contributed by atoms with Crippen molar-refractivity contribution in [3.63, 3.8) is 0 Å². The second-order valence-corrected chi connectivity index (χ2v) is 10.3. The minimum atomic E-state index is -1.02. The van der Waals surface area contributed by atoms with Gasteiger partial charge in [0.25, 0.3) is 0 Å². The molecule has 7 nitrogen and oxygen atoms in total. The number of carbonyl (C=O) groups is 3. The number of hydrogen-bond acceptors (Lipinski definition) is 5. The second-order valence-electron chi connectivity index (χ2n) is 10.3. The van der Waals surface area contributed by atoms with Crippen molar-refractivity contribution in [3.8, 4) is 5.75 Å². The molecule has 4 aromatic rings. The number of ketones is 1. The van der Waals surface area contributed by atoms with Crippen molar-refractivity contribution < 1.29 is 24.2 Å². The maximum atomic E-state index is 13.1. The van der Waals surface area contributed by atoms with Crippen molar-refractivity contribution in [2.24, 2.45) is 5.92 Å². The number of ether oxygens (including phenoxy) is 1. The molecular formula is C35H36N2O5. The molecule has 0 bridgehead atoms. The van der Waals surface area contributed by atoms with Crippen LogP contribution in [0.2, 0.25) is 0 Å². The molecule has 0 aromatic heterocycles. The fraction of sp³-hybridized carbons (Fsp3) is 0.229. The Morgan fingerprint density at radius 1 is 0.810 bits per heavy atom. The van der Waals surface area contributed by atoms with E-state index in [1.807, 2.05) is 74.5 Å². The van der Waals surface area contributed by atoms with E-state index in [0.717, 1.165) is 11.3 Å². The highest BCUT2D eigenvalue weighted by Gasteiger charge is 2.22. The summed E-state index contributed by atoms with van der Waals surface area (Å²) in [5.41, 5.74) is 3.11. The van der Waals surface area contributed by atoms with E-state index in [2.05, 4.69) is 5.32 Å². The predicted octanol–water partition coefficient (Wildman–Crippen LogP) is 6.48. The third-order valence-electron chi connectivity index (χ3n) is 6.82. The summed E-state index contributed by atoms with van der Waals surface area (Å²) in [5, 5.41) is 13.0. The van der Waals surface area contributed by atoms with Crippen molar-refractivity contribution in [1.29, 1.82) is 0 Å². The quantitative estimate of drug-likeness (QED) is 0.134. The Bertz CT molecular complexity index is 1470. The first-order valence-corrected chi connectivity index (χ1v) is 14.1. The number of amides is 1. The van der Waals surface area contributed by atoms with Crippen molar-refractivity contribution >= 4 is 29.0 Å². The van der Waals surface area contributed by atoms with Crippen LogP contribution in [0.15, 0.2) is 109 Å². The summed E-state index contributed by atoms with van der Waals surface area (Å²) in [7, 11) is 0. The van der Waals surface area contributed by atoms with E-state index in [1.165, 1.54) is 0 Å². The van der Waals surface area contributed by atoms with Crippen LogP contribution in [-0.4, -0.2) is 42.0 Å². The molecule has 4 aromatic carbocycles. The molecule has 4 rings (SSSR count). The highest BCUT2D eigenvalue weighted by Crippen LogP contribution is 2.22. The number of nitrogens with zero attached hydrogens (tertiary/aromatic N) is 1. The number of benzene rings is 4. The van der Waals surface area contributed by atoms with Gasteiger partial charge in [0.15, 0.2) is 5.78 Å². The molecule has 42 heavy (non-hydrogen) atoms. The standard InChI is InChI=1S/C35H36N2O5/c1-25(2)34(39)37(28-14-7-4-8-15-28)22-11-23-42-29-20-18-26(19-21-29)24-32(35(40)41)36-31-17-10-9-16-30(31)33(38)27-12-5-3-6-13-27/h3-10,12-21,25,32,36H,11,22-24H2,1-2H3,(H,40,41)/t32-/m0/s1. The highest BCUT2D eigenvalue weighted by atomic mass is 16.5. The topological polar surface area (TPSA) is 95.9 Å². The van der Waals surface area contributed by atoms with Crippen LogP contribution in [0.1, 0.15) is 41.8 Å². The van der Waals surface area contributed by atoms with E-state index in [9.17, 15) is 19.5 Å². The van der Waals surface area contributed by atoms with Gasteiger partial charge in [0.05, 0.1) is 6.61 Å². The molecule has 0 aliphatic carbocycles. The lowest BCUT2D eigenvalue weighted by molar-refractivity contribution is -0.137. The molecule has 0 fully saturated rings. The fourth-order valence-electron chi connectivity index (χ4n) is 4.60. The molecule has 1 amide bonds. The van der Waals surface area contributed by atoms with Crippen LogP contribution < -0.4 is 15.0 Å². The first-order valence-electron chi connectivity index (χ1n) is 14.1. The zero-order valence-corrected chi connectivity index (χ0v) is 23.9. The lowest BCUT2D eigenvalue weighted by Gasteiger charge is -2.24. The molecule has 0 spiro atoms. The molecule has 0 saturated heterocycles. The molecule has 2 N–H and O–H groups in total. The Hall–Kier alpha value is -4.91. The Kier molecular flexibility index (Phi) is 10.5. The van der Waals surface area contributed by atoms with Gasteiger partial charge in [-0.3, -0.25) is 9.59 Å². The Morgan fingerprint density at radius 2 is 1.43 bits per heavy atom. The van der Waals surface area contributed by atoms with Gasteiger partial charge in [-0.2, -0.15) is 0 Å². The number of hydrogen-bond donors (Lipinski definition) is 2. The molecule has 0 aliphatic heterocycles. The van der Waals surface area contributed by atoms with Gasteiger partial charge >= 0.3 is 5.97 Å². The minimum Gasteiger partial charge on any atom is -0.494 e. The summed E-state index contributed by atoms with van der Waals surface area (Å²) in [6, 6.07) is 31.8. The molecule has 1 atom stereocenters. The van der Waals surface area contributed by atoms with Crippen LogP contribution in [0.5, 0.6) is 5.75 Å². The minimum absolute atomic E-state index is 0.0687. The Morgan fingerprint density at radius 3 is 2.07 bits per heavy atom. The number of carboxylic acid groups (broad SMARTS) is 1. The van der Waals surface area contributed by atoms with E-state index >= 15 is 0 Å². The number of para-hydroxylation sites is 2. The molecule has 0 saturated carbocycles. The van der Waals surface area contributed by atoms with E-state index in [-0.39, 0.29) is 24.0 Å². The van der Waals surface area contributed by atoms with Crippen LogP contribution >= 0.6 is 0 Å². The number of rotatable bonds is 14. The SMILES string of the molecule is CC(C)C(=O)N(CCCOc1ccc(C[C@H](Nc2ccccc2C(=O)c2ccccc2)C(=O)O)cc1)c1ccccc1. The molecular weight excluding hydrogens is 528 g/mol. The third-order valence-corrected chi connectivity index (χ3v) is 6.82. The van der Waals surface area contributed by atoms with E-state index in [4.69, 9.17) is 4.74 Å². The average Bonchev–Trinajstić information content (AvgIpc) is 3.02. The summed E-state index contributed by atoms with van der Waals surface area (Å²) < 4.78 is 5.91. The fourth-order valence-corrected chi connectivity index (χ4v) is 4.60. The summed E-state index contributed by atoms with van der Waals surface area (Å²) in [6.45, 7) is 4.76. The van der Waals surface area contributed by atoms with Crippen molar-refractivity contribution in [2.45, 2.75) is 32.7 Å². The maximum absolute atomic E-state index is 13.1. The molecule has 7 heteroatoms. The number of carbonyl (C=O) groups excluding carboxylic acids is 2. The second kappa shape index (κ2) is 14.6. The molecule has 0 radical (unpaired) electrons. The molecule has 0 aliphatic rings. The van der Waals surface area contributed by atoms with Gasteiger partial charge in [-0.25, -0.2) is 4.79 Å². The van der Waals surface area contributed by atoms with E-state index in [1.54, 1.807) is 53.4 Å². The number of aliphatic carboxylic acids is 1. The van der Waals surface area contributed by atoms with Crippen molar-refractivity contribution in [2.75, 3.05) is 23.4 Å². The smallest absolute Gasteiger partial charge is 0.326 e. The first-order chi connectivity index (χ1) is 20.3. The lowest BCUT2D eigenvalue weighted by atomic mass is 10.00. The first kappa shape index (κ1) is 30.1. The molecule has 0 unspecified atom stereocenters. The van der Waals surface area contributed by atoms with Gasteiger partial charge in [-0.05, 0) is 48.4 Å². The van der Waals surface area contributed by atoms with Gasteiger partial charge in [0, 0.05) is 41.4 Å². The monoisotopic (exact) mass is 564 g/mol. The van der Waals surface area contributed by atoms with Crippen molar-refractivity contribution in [3.05, 3.63) is 126 Å². The third kappa shape index (κ3) is 8.07. The summed E-state index contributed by atoms with van der Waals surface area (Å²) >= 11 is 0. The van der Waals surface area contributed by atoms with Gasteiger partial charge < -0.3 is 20.1 Å². The van der Waals surface area contributed by atoms with Crippen LogP contribution in [0, 0.1) is 5.92 Å². The Balaban J connectivity index is 1.34. The van der Waals surface area contributed by atoms with Gasteiger partial charge in [0.1, 0.15) is 11.8 Å². The van der Waals surface area contributed by atoms with Gasteiger partial charge in [0.2, 0.25) is 5.91 Å². The lowest BCUT2D eigenvalue weighted by Crippen LogP contribution is -2.35. The van der Waals surface area contributed by atoms with Crippen LogP contribution in [0.3, 0.4) is 0 Å². The summed E-state index contributed by atoms with van der Waals surface area (Å²) in [6.07, 6.45) is 0.869. The predicted molar refractivity (Wildman–Crippen MR) is 165 cm³/mol. The van der Waals surface area contributed by atoms with Gasteiger partial charge in [-0.1, -0.05) is 86.6 Å². The number of anilines is 2. The number of carboxylic acids is 1.